The lowest BCUT2D eigenvalue weighted by Crippen LogP contribution is -2.35. The maximum atomic E-state index is 12.9. The van der Waals surface area contributed by atoms with E-state index in [1.54, 1.807) is 20.1 Å². The summed E-state index contributed by atoms with van der Waals surface area (Å²) >= 11 is 0. The number of halogens is 1. The summed E-state index contributed by atoms with van der Waals surface area (Å²) in [7, 11) is 1.57. The van der Waals surface area contributed by atoms with E-state index >= 15 is 0 Å². The topological polar surface area (TPSA) is 86.5 Å². The number of amides is 1. The van der Waals surface area contributed by atoms with Crippen molar-refractivity contribution in [3.63, 3.8) is 0 Å². The number of methoxy groups -OCH3 is 1. The number of nitrogens with one attached hydrogen (secondary N) is 1. The number of benzene rings is 2. The van der Waals surface area contributed by atoms with Crippen molar-refractivity contribution >= 4 is 5.91 Å². The Morgan fingerprint density at radius 1 is 1.22 bits per heavy atom. The van der Waals surface area contributed by atoms with Gasteiger partial charge in [0.05, 0.1) is 13.7 Å². The van der Waals surface area contributed by atoms with Gasteiger partial charge in [-0.15, -0.1) is 0 Å². The quantitative estimate of drug-likeness (QED) is 0.687. The van der Waals surface area contributed by atoms with Crippen molar-refractivity contribution < 1.29 is 23.2 Å². The van der Waals surface area contributed by atoms with E-state index in [1.165, 1.54) is 24.3 Å². The zero-order valence-electron chi connectivity index (χ0n) is 14.8. The Bertz CT molecular complexity index is 911. The predicted octanol–water partition coefficient (Wildman–Crippen LogP) is 2.97. The molecule has 0 aliphatic rings. The van der Waals surface area contributed by atoms with Gasteiger partial charge >= 0.3 is 0 Å². The van der Waals surface area contributed by atoms with Gasteiger partial charge in [0.2, 0.25) is 11.7 Å². The molecule has 1 atom stereocenters. The second kappa shape index (κ2) is 8.31. The lowest BCUT2D eigenvalue weighted by atomic mass is 10.2. The fourth-order valence-corrected chi connectivity index (χ4v) is 2.28. The normalized spacial score (nSPS) is 11.7. The van der Waals surface area contributed by atoms with Gasteiger partial charge in [-0.05, 0) is 43.3 Å². The van der Waals surface area contributed by atoms with Gasteiger partial charge in [0.15, 0.2) is 6.10 Å². The van der Waals surface area contributed by atoms with E-state index in [1.807, 2.05) is 18.2 Å². The lowest BCUT2D eigenvalue weighted by molar-refractivity contribution is -0.127. The van der Waals surface area contributed by atoms with Gasteiger partial charge in [0.1, 0.15) is 17.3 Å². The number of carbonyl (C=O) groups excluding carboxylic acids is 1. The SMILES string of the molecule is COc1cccc(-c2noc(CNC(=O)[C@H](C)Oc3ccc(F)cc3)n2)c1. The summed E-state index contributed by atoms with van der Waals surface area (Å²) in [4.78, 5) is 16.4. The van der Waals surface area contributed by atoms with Crippen molar-refractivity contribution in [1.29, 1.82) is 0 Å². The molecular formula is C19H18FN3O4. The van der Waals surface area contributed by atoms with Crippen molar-refractivity contribution in [2.24, 2.45) is 0 Å². The van der Waals surface area contributed by atoms with Gasteiger partial charge < -0.3 is 19.3 Å². The van der Waals surface area contributed by atoms with Crippen LogP contribution in [0.2, 0.25) is 0 Å². The third-order valence-electron chi connectivity index (χ3n) is 3.71. The van der Waals surface area contributed by atoms with E-state index < -0.39 is 6.10 Å². The number of rotatable bonds is 7. The van der Waals surface area contributed by atoms with Gasteiger partial charge in [-0.3, -0.25) is 4.79 Å². The van der Waals surface area contributed by atoms with Crippen molar-refractivity contribution in [2.75, 3.05) is 7.11 Å². The standard InChI is InChI=1S/C19H18FN3O4/c1-12(26-15-8-6-14(20)7-9-15)19(24)21-11-17-22-18(23-27-17)13-4-3-5-16(10-13)25-2/h3-10,12H,11H2,1-2H3,(H,21,24)/t12-/m0/s1. The molecule has 1 heterocycles. The molecule has 0 aliphatic carbocycles. The molecule has 3 rings (SSSR count). The molecule has 7 nitrogen and oxygen atoms in total. The molecule has 8 heteroatoms. The Hall–Kier alpha value is -3.42. The molecular weight excluding hydrogens is 353 g/mol. The third-order valence-corrected chi connectivity index (χ3v) is 3.71. The molecule has 0 spiro atoms. The number of hydrogen-bond acceptors (Lipinski definition) is 6. The molecule has 1 N–H and O–H groups in total. The first-order valence-electron chi connectivity index (χ1n) is 8.22. The minimum atomic E-state index is -0.767. The number of ether oxygens (including phenoxy) is 2. The minimum absolute atomic E-state index is 0.0624. The summed E-state index contributed by atoms with van der Waals surface area (Å²) in [6.45, 7) is 1.65. The Kier molecular flexibility index (Phi) is 5.65. The smallest absolute Gasteiger partial charge is 0.261 e. The second-order valence-corrected chi connectivity index (χ2v) is 5.68. The molecule has 0 fully saturated rings. The molecule has 0 saturated heterocycles. The van der Waals surface area contributed by atoms with Crippen LogP contribution in [0.5, 0.6) is 11.5 Å². The molecule has 1 aromatic heterocycles. The highest BCUT2D eigenvalue weighted by atomic mass is 19.1. The molecule has 0 bridgehead atoms. The fraction of sp³-hybridized carbons (Fsp3) is 0.211. The highest BCUT2D eigenvalue weighted by Gasteiger charge is 2.16. The summed E-state index contributed by atoms with van der Waals surface area (Å²) in [6, 6.07) is 12.7. The van der Waals surface area contributed by atoms with E-state index in [2.05, 4.69) is 15.5 Å². The van der Waals surface area contributed by atoms with Crippen molar-refractivity contribution in [2.45, 2.75) is 19.6 Å². The van der Waals surface area contributed by atoms with Crippen LogP contribution in [-0.2, 0) is 11.3 Å². The number of aromatic nitrogens is 2. The van der Waals surface area contributed by atoms with Crippen LogP contribution in [-0.4, -0.2) is 29.3 Å². The predicted molar refractivity (Wildman–Crippen MR) is 94.6 cm³/mol. The Labute approximate surface area is 155 Å². The van der Waals surface area contributed by atoms with Crippen LogP contribution in [0.1, 0.15) is 12.8 Å². The summed E-state index contributed by atoms with van der Waals surface area (Å²) in [5.41, 5.74) is 0.740. The number of hydrogen-bond donors (Lipinski definition) is 1. The lowest BCUT2D eigenvalue weighted by Gasteiger charge is -2.13. The minimum Gasteiger partial charge on any atom is -0.497 e. The highest BCUT2D eigenvalue weighted by molar-refractivity contribution is 5.80. The largest absolute Gasteiger partial charge is 0.497 e. The van der Waals surface area contributed by atoms with E-state index in [9.17, 15) is 9.18 Å². The molecule has 140 valence electrons. The van der Waals surface area contributed by atoms with Crippen LogP contribution in [0.25, 0.3) is 11.4 Å². The maximum Gasteiger partial charge on any atom is 0.261 e. The third kappa shape index (κ3) is 4.81. The van der Waals surface area contributed by atoms with Crippen molar-refractivity contribution in [3.05, 3.63) is 60.2 Å². The first-order valence-corrected chi connectivity index (χ1v) is 8.22. The Balaban J connectivity index is 1.55. The van der Waals surface area contributed by atoms with Crippen LogP contribution in [0.3, 0.4) is 0 Å². The molecule has 2 aromatic carbocycles. The molecule has 0 saturated carbocycles. The van der Waals surface area contributed by atoms with E-state index in [0.717, 1.165) is 5.56 Å². The monoisotopic (exact) mass is 371 g/mol. The maximum absolute atomic E-state index is 12.9. The van der Waals surface area contributed by atoms with E-state index in [4.69, 9.17) is 14.0 Å². The van der Waals surface area contributed by atoms with Crippen LogP contribution < -0.4 is 14.8 Å². The van der Waals surface area contributed by atoms with Gasteiger partial charge in [-0.1, -0.05) is 17.3 Å². The van der Waals surface area contributed by atoms with Crippen molar-refractivity contribution in [1.82, 2.24) is 15.5 Å². The summed E-state index contributed by atoms with van der Waals surface area (Å²) in [5, 5.41) is 6.56. The van der Waals surface area contributed by atoms with Gasteiger partial charge in [-0.25, -0.2) is 4.39 Å². The van der Waals surface area contributed by atoms with Crippen LogP contribution in [0, 0.1) is 5.82 Å². The van der Waals surface area contributed by atoms with Gasteiger partial charge in [0, 0.05) is 5.56 Å². The number of carbonyl (C=O) groups is 1. The Morgan fingerprint density at radius 3 is 2.74 bits per heavy atom. The fourth-order valence-electron chi connectivity index (χ4n) is 2.28. The summed E-state index contributed by atoms with van der Waals surface area (Å²) in [6.07, 6.45) is -0.767. The summed E-state index contributed by atoms with van der Waals surface area (Å²) in [5.74, 6) is 1.00. The van der Waals surface area contributed by atoms with Crippen LogP contribution >= 0.6 is 0 Å². The number of nitrogens with zero attached hydrogens (tertiary/aromatic N) is 2. The van der Waals surface area contributed by atoms with E-state index in [0.29, 0.717) is 17.3 Å². The summed E-state index contributed by atoms with van der Waals surface area (Å²) < 4.78 is 28.7. The molecule has 0 unspecified atom stereocenters. The molecule has 0 radical (unpaired) electrons. The molecule has 0 aliphatic heterocycles. The van der Waals surface area contributed by atoms with Crippen LogP contribution in [0.4, 0.5) is 4.39 Å². The average molecular weight is 371 g/mol. The molecule has 27 heavy (non-hydrogen) atoms. The van der Waals surface area contributed by atoms with E-state index in [-0.39, 0.29) is 24.2 Å². The van der Waals surface area contributed by atoms with Crippen molar-refractivity contribution in [3.8, 4) is 22.9 Å². The van der Waals surface area contributed by atoms with Gasteiger partial charge in [-0.2, -0.15) is 4.98 Å². The molecule has 1 amide bonds. The molecule has 3 aromatic rings. The Morgan fingerprint density at radius 2 is 2.00 bits per heavy atom. The average Bonchev–Trinajstić information content (AvgIpc) is 3.17. The second-order valence-electron chi connectivity index (χ2n) is 5.68. The van der Waals surface area contributed by atoms with Gasteiger partial charge in [0.25, 0.3) is 5.91 Å². The van der Waals surface area contributed by atoms with Crippen LogP contribution in [0.15, 0.2) is 53.1 Å². The highest BCUT2D eigenvalue weighted by Crippen LogP contribution is 2.21. The zero-order chi connectivity index (χ0) is 19.2. The first-order chi connectivity index (χ1) is 13.0. The first kappa shape index (κ1) is 18.4. The zero-order valence-corrected chi connectivity index (χ0v) is 14.8.